The van der Waals surface area contributed by atoms with Crippen molar-refractivity contribution in [3.8, 4) is 0 Å². The fourth-order valence-electron chi connectivity index (χ4n) is 1.12. The normalized spacial score (nSPS) is 13.4. The van der Waals surface area contributed by atoms with Gasteiger partial charge in [0.2, 0.25) is 0 Å². The summed E-state index contributed by atoms with van der Waals surface area (Å²) in [7, 11) is 0. The highest BCUT2D eigenvalue weighted by Gasteiger charge is 2.12. The molecule has 0 aliphatic carbocycles. The summed E-state index contributed by atoms with van der Waals surface area (Å²) in [5, 5.41) is 7.25. The van der Waals surface area contributed by atoms with Gasteiger partial charge in [-0.25, -0.2) is 9.89 Å². The van der Waals surface area contributed by atoms with Crippen molar-refractivity contribution >= 4 is 24.4 Å². The Kier molecular flexibility index (Phi) is 4.79. The predicted octanol–water partition coefficient (Wildman–Crippen LogP) is 1.81. The number of aromatic amines is 1. The van der Waals surface area contributed by atoms with Crippen molar-refractivity contribution in [3.05, 3.63) is 10.5 Å². The second-order valence-electron chi connectivity index (χ2n) is 3.87. The predicted molar refractivity (Wildman–Crippen MR) is 67.0 cm³/mol. The monoisotopic (exact) mass is 247 g/mol. The molecule has 1 rings (SSSR count). The van der Waals surface area contributed by atoms with Crippen LogP contribution in [0.2, 0.25) is 0 Å². The molecule has 0 bridgehead atoms. The van der Waals surface area contributed by atoms with Gasteiger partial charge in [-0.05, 0) is 25.5 Å². The first kappa shape index (κ1) is 12.7. The van der Waals surface area contributed by atoms with Gasteiger partial charge < -0.3 is 0 Å². The van der Waals surface area contributed by atoms with Crippen molar-refractivity contribution in [2.75, 3.05) is 11.5 Å². The lowest BCUT2D eigenvalue weighted by Gasteiger charge is -2.10. The summed E-state index contributed by atoms with van der Waals surface area (Å²) in [6, 6.07) is 0.144. The van der Waals surface area contributed by atoms with Crippen LogP contribution in [-0.4, -0.2) is 26.3 Å². The standard InChI is InChI=1S/C9H17N3OS2/c1-6(2)12-8(13)10-11-9(12)15-5-7(3)4-14/h6-7,14H,4-5H2,1-3H3,(H,10,13). The van der Waals surface area contributed by atoms with Crippen LogP contribution < -0.4 is 5.69 Å². The molecule has 0 aromatic carbocycles. The number of hydrogen-bond donors (Lipinski definition) is 2. The number of nitrogens with zero attached hydrogens (tertiary/aromatic N) is 2. The minimum Gasteiger partial charge on any atom is -0.268 e. The molecule has 0 fully saturated rings. The maximum Gasteiger partial charge on any atom is 0.344 e. The van der Waals surface area contributed by atoms with Crippen molar-refractivity contribution in [2.24, 2.45) is 5.92 Å². The van der Waals surface area contributed by atoms with Crippen molar-refractivity contribution in [1.82, 2.24) is 14.8 Å². The Balaban J connectivity index is 2.73. The summed E-state index contributed by atoms with van der Waals surface area (Å²) in [6.45, 7) is 6.08. The molecule has 1 aromatic rings. The Morgan fingerprint density at radius 1 is 1.53 bits per heavy atom. The summed E-state index contributed by atoms with van der Waals surface area (Å²) in [5.74, 6) is 2.30. The van der Waals surface area contributed by atoms with Crippen LogP contribution in [0.4, 0.5) is 0 Å². The van der Waals surface area contributed by atoms with E-state index in [1.54, 1.807) is 16.3 Å². The third-order valence-corrected chi connectivity index (χ3v) is 3.90. The molecule has 0 aliphatic rings. The molecule has 1 atom stereocenters. The first-order chi connectivity index (χ1) is 7.06. The molecule has 0 saturated carbocycles. The Labute approximate surface area is 99.3 Å². The number of rotatable bonds is 5. The van der Waals surface area contributed by atoms with E-state index in [4.69, 9.17) is 0 Å². The van der Waals surface area contributed by atoms with E-state index in [0.717, 1.165) is 16.7 Å². The molecule has 1 heterocycles. The van der Waals surface area contributed by atoms with Crippen LogP contribution >= 0.6 is 24.4 Å². The SMILES string of the molecule is CC(CS)CSc1n[nH]c(=O)n1C(C)C. The van der Waals surface area contributed by atoms with Gasteiger partial charge in [-0.15, -0.1) is 5.10 Å². The van der Waals surface area contributed by atoms with E-state index < -0.39 is 0 Å². The summed E-state index contributed by atoms with van der Waals surface area (Å²) < 4.78 is 1.68. The Bertz CT molecular complexity index is 358. The lowest BCUT2D eigenvalue weighted by atomic mass is 10.3. The van der Waals surface area contributed by atoms with Crippen LogP contribution in [0.1, 0.15) is 26.8 Å². The van der Waals surface area contributed by atoms with Gasteiger partial charge in [-0.1, -0.05) is 18.7 Å². The van der Waals surface area contributed by atoms with Gasteiger partial charge in [-0.2, -0.15) is 12.6 Å². The molecule has 1 aromatic heterocycles. The molecule has 4 nitrogen and oxygen atoms in total. The van der Waals surface area contributed by atoms with E-state index in [9.17, 15) is 4.79 Å². The third kappa shape index (κ3) is 3.31. The van der Waals surface area contributed by atoms with Gasteiger partial charge in [-0.3, -0.25) is 4.57 Å². The third-order valence-electron chi connectivity index (χ3n) is 2.00. The molecule has 15 heavy (non-hydrogen) atoms. The summed E-state index contributed by atoms with van der Waals surface area (Å²) >= 11 is 5.82. The van der Waals surface area contributed by atoms with Crippen molar-refractivity contribution < 1.29 is 0 Å². The molecule has 0 saturated heterocycles. The van der Waals surface area contributed by atoms with E-state index in [1.165, 1.54) is 0 Å². The van der Waals surface area contributed by atoms with Crippen LogP contribution in [0.15, 0.2) is 9.95 Å². The van der Waals surface area contributed by atoms with Gasteiger partial charge in [0.15, 0.2) is 5.16 Å². The van der Waals surface area contributed by atoms with E-state index in [2.05, 4.69) is 29.7 Å². The first-order valence-corrected chi connectivity index (χ1v) is 6.58. The molecule has 0 spiro atoms. The summed E-state index contributed by atoms with van der Waals surface area (Å²) in [5.41, 5.74) is -0.133. The Morgan fingerprint density at radius 3 is 2.73 bits per heavy atom. The number of aromatic nitrogens is 3. The summed E-state index contributed by atoms with van der Waals surface area (Å²) in [4.78, 5) is 11.4. The lowest BCUT2D eigenvalue weighted by molar-refractivity contribution is 0.533. The van der Waals surface area contributed by atoms with Crippen LogP contribution in [0, 0.1) is 5.92 Å². The highest BCUT2D eigenvalue weighted by molar-refractivity contribution is 7.99. The van der Waals surface area contributed by atoms with E-state index in [1.807, 2.05) is 13.8 Å². The largest absolute Gasteiger partial charge is 0.344 e. The second kappa shape index (κ2) is 5.65. The Morgan fingerprint density at radius 2 is 2.20 bits per heavy atom. The molecule has 0 amide bonds. The fourth-order valence-corrected chi connectivity index (χ4v) is 2.52. The molecular formula is C9H17N3OS2. The Hall–Kier alpha value is -0.360. The topological polar surface area (TPSA) is 50.7 Å². The number of H-pyrrole nitrogens is 1. The van der Waals surface area contributed by atoms with Gasteiger partial charge >= 0.3 is 5.69 Å². The molecule has 0 radical (unpaired) electrons. The van der Waals surface area contributed by atoms with Crippen molar-refractivity contribution in [1.29, 1.82) is 0 Å². The smallest absolute Gasteiger partial charge is 0.268 e. The number of thioether (sulfide) groups is 1. The molecule has 1 N–H and O–H groups in total. The van der Waals surface area contributed by atoms with Crippen molar-refractivity contribution in [2.45, 2.75) is 32.0 Å². The van der Waals surface area contributed by atoms with Crippen LogP contribution in [-0.2, 0) is 0 Å². The average molecular weight is 247 g/mol. The highest BCUT2D eigenvalue weighted by atomic mass is 32.2. The van der Waals surface area contributed by atoms with Gasteiger partial charge in [0.05, 0.1) is 0 Å². The zero-order chi connectivity index (χ0) is 11.4. The van der Waals surface area contributed by atoms with E-state index in [-0.39, 0.29) is 11.7 Å². The molecule has 6 heteroatoms. The zero-order valence-corrected chi connectivity index (χ0v) is 10.9. The van der Waals surface area contributed by atoms with Crippen LogP contribution in [0.25, 0.3) is 0 Å². The van der Waals surface area contributed by atoms with Gasteiger partial charge in [0, 0.05) is 11.8 Å². The molecule has 1 unspecified atom stereocenters. The lowest BCUT2D eigenvalue weighted by Crippen LogP contribution is -2.19. The summed E-state index contributed by atoms with van der Waals surface area (Å²) in [6.07, 6.45) is 0. The van der Waals surface area contributed by atoms with Crippen LogP contribution in [0.5, 0.6) is 0 Å². The van der Waals surface area contributed by atoms with E-state index in [0.29, 0.717) is 5.92 Å². The zero-order valence-electron chi connectivity index (χ0n) is 9.23. The average Bonchev–Trinajstić information content (AvgIpc) is 2.56. The maximum absolute atomic E-state index is 11.4. The van der Waals surface area contributed by atoms with Crippen LogP contribution in [0.3, 0.4) is 0 Å². The highest BCUT2D eigenvalue weighted by Crippen LogP contribution is 2.19. The quantitative estimate of drug-likeness (QED) is 0.616. The second-order valence-corrected chi connectivity index (χ2v) is 5.23. The maximum atomic E-state index is 11.4. The van der Waals surface area contributed by atoms with Crippen molar-refractivity contribution in [3.63, 3.8) is 0 Å². The molecule has 0 aliphatic heterocycles. The molecular weight excluding hydrogens is 230 g/mol. The molecule has 86 valence electrons. The first-order valence-electron chi connectivity index (χ1n) is 4.96. The number of hydrogen-bond acceptors (Lipinski definition) is 4. The minimum atomic E-state index is -0.133. The van der Waals surface area contributed by atoms with E-state index >= 15 is 0 Å². The number of nitrogens with one attached hydrogen (secondary N) is 1. The van der Waals surface area contributed by atoms with Gasteiger partial charge in [0.1, 0.15) is 0 Å². The number of thiol groups is 1. The minimum absolute atomic E-state index is 0.133. The van der Waals surface area contributed by atoms with Gasteiger partial charge in [0.25, 0.3) is 0 Å². The fraction of sp³-hybridized carbons (Fsp3) is 0.778.